The minimum absolute atomic E-state index is 0.0897. The van der Waals surface area contributed by atoms with Crippen molar-refractivity contribution in [3.63, 3.8) is 0 Å². The lowest BCUT2D eigenvalue weighted by Crippen LogP contribution is -2.29. The van der Waals surface area contributed by atoms with Crippen LogP contribution in [-0.4, -0.2) is 31.1 Å². The number of hydrogen-bond acceptors (Lipinski definition) is 5. The zero-order chi connectivity index (χ0) is 25.2. The Hall–Kier alpha value is -4.33. The molecule has 2 N–H and O–H groups in total. The number of ether oxygens (including phenoxy) is 2. The van der Waals surface area contributed by atoms with Crippen molar-refractivity contribution in [1.82, 2.24) is 5.32 Å². The Morgan fingerprint density at radius 3 is 2.61 bits per heavy atom. The van der Waals surface area contributed by atoms with Gasteiger partial charge in [-0.25, -0.2) is 0 Å². The summed E-state index contributed by atoms with van der Waals surface area (Å²) >= 11 is 0. The highest BCUT2D eigenvalue weighted by molar-refractivity contribution is 6.07. The van der Waals surface area contributed by atoms with Crippen molar-refractivity contribution in [2.24, 2.45) is 5.92 Å². The third-order valence-corrected chi connectivity index (χ3v) is 6.62. The monoisotopic (exact) mass is 485 g/mol. The number of amides is 3. The zero-order valence-corrected chi connectivity index (χ0v) is 20.2. The fourth-order valence-electron chi connectivity index (χ4n) is 4.38. The first-order valence-electron chi connectivity index (χ1n) is 11.8. The Balaban J connectivity index is 1.24. The molecule has 2 aliphatic heterocycles. The van der Waals surface area contributed by atoms with Crippen LogP contribution in [0, 0.1) is 19.8 Å². The highest BCUT2D eigenvalue weighted by atomic mass is 16.7. The van der Waals surface area contributed by atoms with Crippen molar-refractivity contribution in [3.05, 3.63) is 82.9 Å². The Morgan fingerprint density at radius 1 is 0.972 bits per heavy atom. The van der Waals surface area contributed by atoms with Gasteiger partial charge in [-0.3, -0.25) is 14.4 Å². The van der Waals surface area contributed by atoms with Crippen molar-refractivity contribution in [1.29, 1.82) is 0 Å². The van der Waals surface area contributed by atoms with Gasteiger partial charge in [0.05, 0.1) is 17.2 Å². The quantitative estimate of drug-likeness (QED) is 0.551. The lowest BCUT2D eigenvalue weighted by Gasteiger charge is -2.18. The molecular formula is C28H27N3O5. The minimum atomic E-state index is -0.510. The van der Waals surface area contributed by atoms with E-state index in [-0.39, 0.29) is 30.9 Å². The van der Waals surface area contributed by atoms with Crippen LogP contribution in [0.5, 0.6) is 11.5 Å². The first-order chi connectivity index (χ1) is 17.4. The van der Waals surface area contributed by atoms with Crippen LogP contribution in [0.4, 0.5) is 11.4 Å². The number of nitrogens with one attached hydrogen (secondary N) is 2. The maximum absolute atomic E-state index is 13.1. The average molecular weight is 486 g/mol. The molecule has 0 saturated carbocycles. The molecular weight excluding hydrogens is 458 g/mol. The first-order valence-corrected chi connectivity index (χ1v) is 11.8. The van der Waals surface area contributed by atoms with Gasteiger partial charge in [0.2, 0.25) is 18.6 Å². The fourth-order valence-corrected chi connectivity index (χ4v) is 4.38. The molecule has 0 unspecified atom stereocenters. The van der Waals surface area contributed by atoms with E-state index in [1.165, 1.54) is 0 Å². The summed E-state index contributed by atoms with van der Waals surface area (Å²) in [7, 11) is 0. The van der Waals surface area contributed by atoms with Gasteiger partial charge in [0.15, 0.2) is 11.5 Å². The molecule has 5 rings (SSSR count). The summed E-state index contributed by atoms with van der Waals surface area (Å²) in [6.07, 6.45) is 0.122. The van der Waals surface area contributed by atoms with E-state index >= 15 is 0 Å². The summed E-state index contributed by atoms with van der Waals surface area (Å²) in [5, 5.41) is 5.75. The van der Waals surface area contributed by atoms with Gasteiger partial charge >= 0.3 is 0 Å². The molecule has 184 valence electrons. The van der Waals surface area contributed by atoms with Gasteiger partial charge < -0.3 is 25.0 Å². The maximum Gasteiger partial charge on any atom is 0.253 e. The normalized spacial score (nSPS) is 16.2. The summed E-state index contributed by atoms with van der Waals surface area (Å²) in [5.41, 5.74) is 4.65. The van der Waals surface area contributed by atoms with Crippen LogP contribution in [0.2, 0.25) is 0 Å². The molecule has 0 aliphatic carbocycles. The van der Waals surface area contributed by atoms with Gasteiger partial charge in [0, 0.05) is 25.2 Å². The lowest BCUT2D eigenvalue weighted by atomic mass is 10.1. The smallest absolute Gasteiger partial charge is 0.253 e. The second-order valence-electron chi connectivity index (χ2n) is 9.08. The number of nitrogens with zero attached hydrogens (tertiary/aromatic N) is 1. The van der Waals surface area contributed by atoms with E-state index in [0.717, 1.165) is 22.4 Å². The number of anilines is 2. The van der Waals surface area contributed by atoms with Crippen LogP contribution in [0.15, 0.2) is 60.7 Å². The number of hydrogen-bond donors (Lipinski definition) is 2. The van der Waals surface area contributed by atoms with Crippen molar-refractivity contribution in [2.75, 3.05) is 23.6 Å². The van der Waals surface area contributed by atoms with Crippen molar-refractivity contribution in [2.45, 2.75) is 26.8 Å². The molecule has 1 atom stereocenters. The molecule has 2 aliphatic rings. The van der Waals surface area contributed by atoms with Gasteiger partial charge in [0.1, 0.15) is 0 Å². The van der Waals surface area contributed by atoms with Crippen LogP contribution in [0.25, 0.3) is 0 Å². The van der Waals surface area contributed by atoms with Crippen LogP contribution < -0.4 is 25.0 Å². The predicted molar refractivity (Wildman–Crippen MR) is 135 cm³/mol. The highest BCUT2D eigenvalue weighted by Crippen LogP contribution is 2.32. The molecule has 3 aromatic carbocycles. The van der Waals surface area contributed by atoms with E-state index in [0.29, 0.717) is 35.8 Å². The summed E-state index contributed by atoms with van der Waals surface area (Å²) in [4.78, 5) is 40.3. The first kappa shape index (κ1) is 23.4. The largest absolute Gasteiger partial charge is 0.454 e. The van der Waals surface area contributed by atoms with Crippen LogP contribution >= 0.6 is 0 Å². The summed E-state index contributed by atoms with van der Waals surface area (Å²) in [5.74, 6) is 0.125. The molecule has 0 spiro atoms. The molecule has 36 heavy (non-hydrogen) atoms. The standard InChI is InChI=1S/C28H27N3O5/c1-17-7-9-21(11-18(17)2)31-15-20(13-26(31)32)27(33)30-23-6-4-3-5-22(23)28(34)29-14-19-8-10-24-25(12-19)36-16-35-24/h3-12,20H,13-16H2,1-2H3,(H,29,34)(H,30,33)/t20-/m0/s1. The molecule has 8 nitrogen and oxygen atoms in total. The summed E-state index contributed by atoms with van der Waals surface area (Å²) in [6.45, 7) is 4.79. The number of benzene rings is 3. The molecule has 0 radical (unpaired) electrons. The van der Waals surface area contributed by atoms with E-state index in [2.05, 4.69) is 10.6 Å². The molecule has 1 saturated heterocycles. The number of carbonyl (C=O) groups excluding carboxylic acids is 3. The van der Waals surface area contributed by atoms with Crippen molar-refractivity contribution < 1.29 is 23.9 Å². The topological polar surface area (TPSA) is 97.0 Å². The van der Waals surface area contributed by atoms with E-state index in [9.17, 15) is 14.4 Å². The third-order valence-electron chi connectivity index (χ3n) is 6.62. The summed E-state index contributed by atoms with van der Waals surface area (Å²) in [6, 6.07) is 18.2. The fraction of sp³-hybridized carbons (Fsp3) is 0.250. The number of para-hydroxylation sites is 1. The van der Waals surface area contributed by atoms with Gasteiger partial charge in [-0.2, -0.15) is 0 Å². The number of fused-ring (bicyclic) bond motifs is 1. The van der Waals surface area contributed by atoms with Crippen LogP contribution in [-0.2, 0) is 16.1 Å². The SMILES string of the molecule is Cc1ccc(N2C[C@@H](C(=O)Nc3ccccc3C(=O)NCc3ccc4c(c3)OCO4)CC2=O)cc1C. The van der Waals surface area contributed by atoms with Crippen molar-refractivity contribution in [3.8, 4) is 11.5 Å². The van der Waals surface area contributed by atoms with Gasteiger partial charge in [-0.05, 0) is 66.9 Å². The molecule has 2 heterocycles. The molecule has 3 aromatic rings. The lowest BCUT2D eigenvalue weighted by molar-refractivity contribution is -0.122. The van der Waals surface area contributed by atoms with Gasteiger partial charge in [0.25, 0.3) is 5.91 Å². The molecule has 3 amide bonds. The third kappa shape index (κ3) is 4.75. The van der Waals surface area contributed by atoms with E-state index in [1.54, 1.807) is 29.2 Å². The Kier molecular flexibility index (Phi) is 6.33. The Morgan fingerprint density at radius 2 is 1.78 bits per heavy atom. The summed E-state index contributed by atoms with van der Waals surface area (Å²) < 4.78 is 10.7. The van der Waals surface area contributed by atoms with E-state index < -0.39 is 5.92 Å². The number of rotatable bonds is 6. The van der Waals surface area contributed by atoms with Crippen molar-refractivity contribution >= 4 is 29.1 Å². The Bertz CT molecular complexity index is 1350. The predicted octanol–water partition coefficient (Wildman–Crippen LogP) is 3.95. The molecule has 0 aromatic heterocycles. The second kappa shape index (κ2) is 9.73. The average Bonchev–Trinajstić information content (AvgIpc) is 3.50. The minimum Gasteiger partial charge on any atom is -0.454 e. The zero-order valence-electron chi connectivity index (χ0n) is 20.2. The molecule has 1 fully saturated rings. The van der Waals surface area contributed by atoms with Crippen LogP contribution in [0.3, 0.4) is 0 Å². The molecule has 8 heteroatoms. The maximum atomic E-state index is 13.1. The second-order valence-corrected chi connectivity index (χ2v) is 9.08. The van der Waals surface area contributed by atoms with E-state index in [4.69, 9.17) is 9.47 Å². The van der Waals surface area contributed by atoms with Gasteiger partial charge in [-0.1, -0.05) is 24.3 Å². The van der Waals surface area contributed by atoms with Gasteiger partial charge in [-0.15, -0.1) is 0 Å². The molecule has 0 bridgehead atoms. The number of aryl methyl sites for hydroxylation is 2. The van der Waals surface area contributed by atoms with E-state index in [1.807, 2.05) is 50.2 Å². The number of carbonyl (C=O) groups is 3. The van der Waals surface area contributed by atoms with Crippen LogP contribution in [0.1, 0.15) is 33.5 Å². The Labute approximate surface area is 209 Å². The highest BCUT2D eigenvalue weighted by Gasteiger charge is 2.35.